The van der Waals surface area contributed by atoms with Crippen LogP contribution in [-0.2, 0) is 6.54 Å². The van der Waals surface area contributed by atoms with Gasteiger partial charge in [0.15, 0.2) is 0 Å². The molecule has 0 bridgehead atoms. The third-order valence-corrected chi connectivity index (χ3v) is 2.34. The van der Waals surface area contributed by atoms with Crippen LogP contribution in [0.5, 0.6) is 0 Å². The molecule has 0 radical (unpaired) electrons. The monoisotopic (exact) mass is 218 g/mol. The summed E-state index contributed by atoms with van der Waals surface area (Å²) in [5.41, 5.74) is 1.88. The molecule has 0 heterocycles. The van der Waals surface area contributed by atoms with Gasteiger partial charge in [0.25, 0.3) is 5.91 Å². The lowest BCUT2D eigenvalue weighted by atomic mass is 10.1. The van der Waals surface area contributed by atoms with Crippen molar-refractivity contribution in [3.8, 4) is 0 Å². The number of hydrogen-bond donors (Lipinski definition) is 1. The van der Waals surface area contributed by atoms with Crippen molar-refractivity contribution in [1.29, 1.82) is 0 Å². The standard InChI is InChI=1S/C13H18N2O/c1-4-9-15(3)10-11-5-7-12(8-6-11)13(16)14-2/h4-8H,1,9-10H2,2-3H3,(H,14,16). The lowest BCUT2D eigenvalue weighted by Gasteiger charge is -2.14. The molecule has 16 heavy (non-hydrogen) atoms. The number of likely N-dealkylation sites (N-methyl/N-ethyl adjacent to an activating group) is 1. The maximum Gasteiger partial charge on any atom is 0.251 e. The van der Waals surface area contributed by atoms with Crippen LogP contribution in [0.1, 0.15) is 15.9 Å². The van der Waals surface area contributed by atoms with Crippen LogP contribution >= 0.6 is 0 Å². The van der Waals surface area contributed by atoms with Crippen LogP contribution in [0.4, 0.5) is 0 Å². The molecule has 0 fully saturated rings. The van der Waals surface area contributed by atoms with E-state index in [1.54, 1.807) is 7.05 Å². The average molecular weight is 218 g/mol. The quantitative estimate of drug-likeness (QED) is 0.762. The first-order valence-corrected chi connectivity index (χ1v) is 5.28. The lowest BCUT2D eigenvalue weighted by molar-refractivity contribution is 0.0963. The fourth-order valence-electron chi connectivity index (χ4n) is 1.50. The summed E-state index contributed by atoms with van der Waals surface area (Å²) in [6, 6.07) is 7.64. The number of carbonyl (C=O) groups excluding carboxylic acids is 1. The Morgan fingerprint density at radius 1 is 1.44 bits per heavy atom. The van der Waals surface area contributed by atoms with Crippen LogP contribution in [-0.4, -0.2) is 31.4 Å². The number of nitrogens with zero attached hydrogens (tertiary/aromatic N) is 1. The Morgan fingerprint density at radius 2 is 2.06 bits per heavy atom. The van der Waals surface area contributed by atoms with E-state index in [0.29, 0.717) is 5.56 Å². The molecule has 0 unspecified atom stereocenters. The maximum absolute atomic E-state index is 11.3. The zero-order valence-corrected chi connectivity index (χ0v) is 9.86. The summed E-state index contributed by atoms with van der Waals surface area (Å²) in [6.45, 7) is 5.42. The summed E-state index contributed by atoms with van der Waals surface area (Å²) in [4.78, 5) is 13.5. The van der Waals surface area contributed by atoms with Crippen molar-refractivity contribution in [3.05, 3.63) is 48.0 Å². The van der Waals surface area contributed by atoms with Gasteiger partial charge in [-0.25, -0.2) is 0 Å². The highest BCUT2D eigenvalue weighted by Gasteiger charge is 2.03. The van der Waals surface area contributed by atoms with Gasteiger partial charge >= 0.3 is 0 Å². The van der Waals surface area contributed by atoms with E-state index in [1.807, 2.05) is 37.4 Å². The molecule has 1 aromatic carbocycles. The van der Waals surface area contributed by atoms with Gasteiger partial charge in [-0.15, -0.1) is 6.58 Å². The van der Waals surface area contributed by atoms with E-state index in [0.717, 1.165) is 13.1 Å². The predicted octanol–water partition coefficient (Wildman–Crippen LogP) is 1.66. The Kier molecular flexibility index (Phi) is 4.73. The van der Waals surface area contributed by atoms with Crippen LogP contribution < -0.4 is 5.32 Å². The highest BCUT2D eigenvalue weighted by molar-refractivity contribution is 5.93. The third kappa shape index (κ3) is 3.51. The fourth-order valence-corrected chi connectivity index (χ4v) is 1.50. The van der Waals surface area contributed by atoms with E-state index in [2.05, 4.69) is 16.8 Å². The number of amides is 1. The van der Waals surface area contributed by atoms with Crippen molar-refractivity contribution in [2.75, 3.05) is 20.6 Å². The number of nitrogens with one attached hydrogen (secondary N) is 1. The summed E-state index contributed by atoms with van der Waals surface area (Å²) in [7, 11) is 3.67. The molecule has 1 N–H and O–H groups in total. The van der Waals surface area contributed by atoms with Gasteiger partial charge in [-0.1, -0.05) is 18.2 Å². The minimum absolute atomic E-state index is 0.0500. The number of benzene rings is 1. The molecule has 1 aromatic rings. The number of carbonyl (C=O) groups is 1. The van der Waals surface area contributed by atoms with Crippen LogP contribution in [0.15, 0.2) is 36.9 Å². The Labute approximate surface area is 96.8 Å². The van der Waals surface area contributed by atoms with Crippen molar-refractivity contribution < 1.29 is 4.79 Å². The Hall–Kier alpha value is -1.61. The highest BCUT2D eigenvalue weighted by atomic mass is 16.1. The Morgan fingerprint density at radius 3 is 2.56 bits per heavy atom. The molecule has 0 aromatic heterocycles. The summed E-state index contributed by atoms with van der Waals surface area (Å²) in [5.74, 6) is -0.0500. The third-order valence-electron chi connectivity index (χ3n) is 2.34. The molecule has 3 heteroatoms. The molecule has 3 nitrogen and oxygen atoms in total. The Balaban J connectivity index is 2.64. The fraction of sp³-hybridized carbons (Fsp3) is 0.308. The Bertz CT molecular complexity index is 357. The lowest BCUT2D eigenvalue weighted by Crippen LogP contribution is -2.19. The minimum Gasteiger partial charge on any atom is -0.355 e. The second-order valence-electron chi connectivity index (χ2n) is 3.76. The first-order valence-electron chi connectivity index (χ1n) is 5.28. The zero-order valence-electron chi connectivity index (χ0n) is 9.86. The second-order valence-corrected chi connectivity index (χ2v) is 3.76. The maximum atomic E-state index is 11.3. The molecule has 0 saturated carbocycles. The van der Waals surface area contributed by atoms with Gasteiger partial charge in [0.2, 0.25) is 0 Å². The molecule has 0 atom stereocenters. The topological polar surface area (TPSA) is 32.3 Å². The van der Waals surface area contributed by atoms with Crippen molar-refractivity contribution >= 4 is 5.91 Å². The van der Waals surface area contributed by atoms with Crippen molar-refractivity contribution in [2.24, 2.45) is 0 Å². The second kappa shape index (κ2) is 6.08. The molecule has 0 aliphatic heterocycles. The van der Waals surface area contributed by atoms with Gasteiger partial charge < -0.3 is 5.32 Å². The van der Waals surface area contributed by atoms with Crippen LogP contribution in [0, 0.1) is 0 Å². The molecule has 1 amide bonds. The normalized spacial score (nSPS) is 10.2. The van der Waals surface area contributed by atoms with Crippen LogP contribution in [0.25, 0.3) is 0 Å². The first kappa shape index (κ1) is 12.5. The van der Waals surface area contributed by atoms with E-state index in [9.17, 15) is 4.79 Å². The molecule has 1 rings (SSSR count). The van der Waals surface area contributed by atoms with Crippen molar-refractivity contribution in [1.82, 2.24) is 10.2 Å². The summed E-state index contributed by atoms with van der Waals surface area (Å²) < 4.78 is 0. The largest absolute Gasteiger partial charge is 0.355 e. The summed E-state index contributed by atoms with van der Waals surface area (Å²) in [6.07, 6.45) is 1.87. The van der Waals surface area contributed by atoms with E-state index >= 15 is 0 Å². The van der Waals surface area contributed by atoms with E-state index < -0.39 is 0 Å². The number of hydrogen-bond acceptors (Lipinski definition) is 2. The summed E-state index contributed by atoms with van der Waals surface area (Å²) >= 11 is 0. The first-order chi connectivity index (χ1) is 7.67. The molecular formula is C13H18N2O. The van der Waals surface area contributed by atoms with Gasteiger partial charge in [-0.2, -0.15) is 0 Å². The smallest absolute Gasteiger partial charge is 0.251 e. The molecule has 0 aliphatic rings. The van der Waals surface area contributed by atoms with E-state index in [4.69, 9.17) is 0 Å². The molecule has 0 saturated heterocycles. The molecule has 86 valence electrons. The van der Waals surface area contributed by atoms with Gasteiger partial charge in [-0.3, -0.25) is 9.69 Å². The van der Waals surface area contributed by atoms with Crippen LogP contribution in [0.2, 0.25) is 0 Å². The average Bonchev–Trinajstić information content (AvgIpc) is 2.29. The zero-order chi connectivity index (χ0) is 12.0. The van der Waals surface area contributed by atoms with Gasteiger partial charge in [0, 0.05) is 25.7 Å². The van der Waals surface area contributed by atoms with Crippen LogP contribution in [0.3, 0.4) is 0 Å². The predicted molar refractivity (Wildman–Crippen MR) is 66.4 cm³/mol. The molecule has 0 spiro atoms. The van der Waals surface area contributed by atoms with Gasteiger partial charge in [0.05, 0.1) is 0 Å². The highest BCUT2D eigenvalue weighted by Crippen LogP contribution is 2.06. The minimum atomic E-state index is -0.0500. The van der Waals surface area contributed by atoms with Crippen molar-refractivity contribution in [2.45, 2.75) is 6.54 Å². The molecule has 0 aliphatic carbocycles. The molecular weight excluding hydrogens is 200 g/mol. The van der Waals surface area contributed by atoms with E-state index in [-0.39, 0.29) is 5.91 Å². The van der Waals surface area contributed by atoms with Gasteiger partial charge in [0.1, 0.15) is 0 Å². The summed E-state index contributed by atoms with van der Waals surface area (Å²) in [5, 5.41) is 2.60. The van der Waals surface area contributed by atoms with Crippen molar-refractivity contribution in [3.63, 3.8) is 0 Å². The SMILES string of the molecule is C=CCN(C)Cc1ccc(C(=O)NC)cc1. The van der Waals surface area contributed by atoms with Gasteiger partial charge in [-0.05, 0) is 24.7 Å². The van der Waals surface area contributed by atoms with E-state index in [1.165, 1.54) is 5.56 Å². The number of rotatable bonds is 5.